The van der Waals surface area contributed by atoms with Crippen LogP contribution in [0.1, 0.15) is 65.7 Å². The molecular weight excluding hydrogens is 208 g/mol. The van der Waals surface area contributed by atoms with E-state index in [0.717, 1.165) is 12.1 Å². The zero-order valence-corrected chi connectivity index (χ0v) is 12.0. The largest absolute Gasteiger partial charge is 0.309 e. The summed E-state index contributed by atoms with van der Waals surface area (Å²) in [6, 6.07) is 1.68. The van der Waals surface area contributed by atoms with Gasteiger partial charge in [0.05, 0.1) is 0 Å². The van der Waals surface area contributed by atoms with Gasteiger partial charge in [-0.15, -0.1) is 0 Å². The molecule has 0 radical (unpaired) electrons. The van der Waals surface area contributed by atoms with Crippen LogP contribution in [-0.2, 0) is 0 Å². The van der Waals surface area contributed by atoms with Gasteiger partial charge < -0.3 is 5.32 Å². The Kier molecular flexibility index (Phi) is 4.48. The maximum absolute atomic E-state index is 3.79. The van der Waals surface area contributed by atoms with Gasteiger partial charge in [-0.05, 0) is 32.6 Å². The summed E-state index contributed by atoms with van der Waals surface area (Å²) in [4.78, 5) is 2.86. The molecule has 100 valence electrons. The molecule has 1 heterocycles. The highest BCUT2D eigenvalue weighted by atomic mass is 15.3. The van der Waals surface area contributed by atoms with E-state index in [-0.39, 0.29) is 0 Å². The average Bonchev–Trinajstić information content (AvgIpc) is 2.86. The maximum Gasteiger partial charge on any atom is 0.0278 e. The van der Waals surface area contributed by atoms with Gasteiger partial charge in [-0.3, -0.25) is 4.90 Å². The Morgan fingerprint density at radius 1 is 1.24 bits per heavy atom. The number of nitrogens with zero attached hydrogens (tertiary/aromatic N) is 1. The average molecular weight is 238 g/mol. The van der Waals surface area contributed by atoms with Crippen LogP contribution in [0, 0.1) is 0 Å². The molecule has 2 rings (SSSR count). The third-order valence-electron chi connectivity index (χ3n) is 4.96. The van der Waals surface area contributed by atoms with E-state index in [2.05, 4.69) is 31.0 Å². The highest BCUT2D eigenvalue weighted by Crippen LogP contribution is 2.30. The number of hydrogen-bond acceptors (Lipinski definition) is 2. The third kappa shape index (κ3) is 3.03. The molecule has 0 aromatic rings. The van der Waals surface area contributed by atoms with Gasteiger partial charge >= 0.3 is 0 Å². The molecule has 2 aliphatic rings. The topological polar surface area (TPSA) is 15.3 Å². The fourth-order valence-electron chi connectivity index (χ4n) is 3.57. The zero-order valence-electron chi connectivity index (χ0n) is 12.0. The summed E-state index contributed by atoms with van der Waals surface area (Å²) in [6.45, 7) is 9.51. The smallest absolute Gasteiger partial charge is 0.0278 e. The van der Waals surface area contributed by atoms with Crippen molar-refractivity contribution in [3.63, 3.8) is 0 Å². The highest BCUT2D eigenvalue weighted by molar-refractivity contribution is 4.97. The van der Waals surface area contributed by atoms with E-state index in [1.165, 1.54) is 58.0 Å². The fourth-order valence-corrected chi connectivity index (χ4v) is 3.57. The summed E-state index contributed by atoms with van der Waals surface area (Å²) in [5.41, 5.74) is 0.354. The van der Waals surface area contributed by atoms with Gasteiger partial charge in [-0.2, -0.15) is 0 Å². The second kappa shape index (κ2) is 5.71. The molecule has 1 saturated heterocycles. The number of rotatable bonds is 4. The number of nitrogens with one attached hydrogen (secondary N) is 1. The summed E-state index contributed by atoms with van der Waals surface area (Å²) in [5, 5.41) is 3.79. The summed E-state index contributed by atoms with van der Waals surface area (Å²) in [5.74, 6) is 0. The maximum atomic E-state index is 3.79. The van der Waals surface area contributed by atoms with Crippen molar-refractivity contribution in [3.05, 3.63) is 0 Å². The van der Waals surface area contributed by atoms with Gasteiger partial charge in [0.2, 0.25) is 0 Å². The second-order valence-corrected chi connectivity index (χ2v) is 6.35. The van der Waals surface area contributed by atoms with Crippen LogP contribution in [0.3, 0.4) is 0 Å². The lowest BCUT2D eigenvalue weighted by Gasteiger charge is -2.48. The summed E-state index contributed by atoms with van der Waals surface area (Å²) in [7, 11) is 0. The SMILES string of the molecule is CCCC1CNC(C)(CC)CN1C1CCCC1. The quantitative estimate of drug-likeness (QED) is 0.809. The monoisotopic (exact) mass is 238 g/mol. The lowest BCUT2D eigenvalue weighted by atomic mass is 9.90. The first-order valence-electron chi connectivity index (χ1n) is 7.69. The van der Waals surface area contributed by atoms with Crippen LogP contribution in [0.5, 0.6) is 0 Å². The molecule has 1 aliphatic carbocycles. The molecule has 1 saturated carbocycles. The van der Waals surface area contributed by atoms with Crippen LogP contribution < -0.4 is 5.32 Å². The molecule has 1 N–H and O–H groups in total. The molecule has 0 amide bonds. The van der Waals surface area contributed by atoms with Crippen LogP contribution in [0.15, 0.2) is 0 Å². The first-order chi connectivity index (χ1) is 8.18. The minimum Gasteiger partial charge on any atom is -0.309 e. The second-order valence-electron chi connectivity index (χ2n) is 6.35. The van der Waals surface area contributed by atoms with Crippen molar-refractivity contribution < 1.29 is 0 Å². The molecule has 0 spiro atoms. The van der Waals surface area contributed by atoms with Crippen LogP contribution in [0.25, 0.3) is 0 Å². The van der Waals surface area contributed by atoms with Crippen LogP contribution in [-0.4, -0.2) is 35.6 Å². The summed E-state index contributed by atoms with van der Waals surface area (Å²) in [6.07, 6.45) is 9.73. The molecule has 2 nitrogen and oxygen atoms in total. The van der Waals surface area contributed by atoms with E-state index >= 15 is 0 Å². The summed E-state index contributed by atoms with van der Waals surface area (Å²) >= 11 is 0. The third-order valence-corrected chi connectivity index (χ3v) is 4.96. The molecule has 1 aliphatic heterocycles. The number of piperazine rings is 1. The van der Waals surface area contributed by atoms with Gasteiger partial charge in [0.1, 0.15) is 0 Å². The Balaban J connectivity index is 2.03. The molecule has 2 unspecified atom stereocenters. The van der Waals surface area contributed by atoms with E-state index < -0.39 is 0 Å². The molecule has 0 aromatic heterocycles. The minimum atomic E-state index is 0.354. The van der Waals surface area contributed by atoms with Crippen LogP contribution in [0.4, 0.5) is 0 Å². The van der Waals surface area contributed by atoms with Crippen molar-refractivity contribution in [2.24, 2.45) is 0 Å². The number of hydrogen-bond donors (Lipinski definition) is 1. The van der Waals surface area contributed by atoms with Gasteiger partial charge in [-0.25, -0.2) is 0 Å². The Morgan fingerprint density at radius 2 is 1.94 bits per heavy atom. The predicted molar refractivity (Wildman–Crippen MR) is 74.4 cm³/mol. The Hall–Kier alpha value is -0.0800. The lowest BCUT2D eigenvalue weighted by Crippen LogP contribution is -2.64. The lowest BCUT2D eigenvalue weighted by molar-refractivity contribution is 0.0432. The van der Waals surface area contributed by atoms with E-state index in [4.69, 9.17) is 0 Å². The van der Waals surface area contributed by atoms with Crippen molar-refractivity contribution in [2.45, 2.75) is 83.3 Å². The van der Waals surface area contributed by atoms with Crippen molar-refractivity contribution in [1.82, 2.24) is 10.2 Å². The van der Waals surface area contributed by atoms with Gasteiger partial charge in [0, 0.05) is 30.7 Å². The minimum absolute atomic E-state index is 0.354. The Labute approximate surface area is 107 Å². The van der Waals surface area contributed by atoms with E-state index in [0.29, 0.717) is 5.54 Å². The zero-order chi connectivity index (χ0) is 12.3. The van der Waals surface area contributed by atoms with Gasteiger partial charge in [0.15, 0.2) is 0 Å². The van der Waals surface area contributed by atoms with Crippen molar-refractivity contribution in [1.29, 1.82) is 0 Å². The van der Waals surface area contributed by atoms with Crippen molar-refractivity contribution >= 4 is 0 Å². The standard InChI is InChI=1S/C15H30N2/c1-4-8-14-11-16-15(3,5-2)12-17(14)13-9-6-7-10-13/h13-14,16H,4-12H2,1-3H3. The molecular formula is C15H30N2. The van der Waals surface area contributed by atoms with Crippen molar-refractivity contribution in [3.8, 4) is 0 Å². The van der Waals surface area contributed by atoms with E-state index in [9.17, 15) is 0 Å². The Bertz CT molecular complexity index is 235. The molecule has 0 bridgehead atoms. The molecule has 2 atom stereocenters. The fraction of sp³-hybridized carbons (Fsp3) is 1.00. The summed E-state index contributed by atoms with van der Waals surface area (Å²) < 4.78 is 0. The van der Waals surface area contributed by atoms with E-state index in [1.54, 1.807) is 0 Å². The van der Waals surface area contributed by atoms with Crippen molar-refractivity contribution in [2.75, 3.05) is 13.1 Å². The van der Waals surface area contributed by atoms with E-state index in [1.807, 2.05) is 0 Å². The van der Waals surface area contributed by atoms with Gasteiger partial charge in [0.25, 0.3) is 0 Å². The molecule has 17 heavy (non-hydrogen) atoms. The molecule has 0 aromatic carbocycles. The Morgan fingerprint density at radius 3 is 2.53 bits per heavy atom. The molecule has 2 heteroatoms. The first-order valence-corrected chi connectivity index (χ1v) is 7.69. The van der Waals surface area contributed by atoms with Gasteiger partial charge in [-0.1, -0.05) is 33.1 Å². The van der Waals surface area contributed by atoms with Crippen LogP contribution >= 0.6 is 0 Å². The normalized spacial score (nSPS) is 36.5. The first kappa shape index (κ1) is 13.4. The van der Waals surface area contributed by atoms with Crippen LogP contribution in [0.2, 0.25) is 0 Å². The highest BCUT2D eigenvalue weighted by Gasteiger charge is 2.38. The predicted octanol–water partition coefficient (Wildman–Crippen LogP) is 3.17. The molecule has 2 fully saturated rings.